The number of aldehydes is 1. The second-order valence-corrected chi connectivity index (χ2v) is 3.19. The minimum Gasteiger partial charge on any atom is -0.322 e. The Hall–Kier alpha value is -0.630. The molecule has 0 aromatic rings. The Morgan fingerprint density at radius 2 is 2.45 bits per heavy atom. The first-order valence-corrected chi connectivity index (χ1v) is 4.19. The molecule has 0 amide bonds. The zero-order valence-electron chi connectivity index (χ0n) is 6.70. The lowest BCUT2D eigenvalue weighted by molar-refractivity contribution is -0.109. The van der Waals surface area contributed by atoms with Crippen molar-refractivity contribution in [2.75, 3.05) is 0 Å². The van der Waals surface area contributed by atoms with Crippen molar-refractivity contribution in [3.8, 4) is 0 Å². The normalized spacial score (nSPS) is 26.5. The Kier molecular flexibility index (Phi) is 3.30. The van der Waals surface area contributed by atoms with E-state index in [1.54, 1.807) is 0 Å². The molecule has 0 aromatic heterocycles. The lowest BCUT2D eigenvalue weighted by atomic mass is 9.89. The third kappa shape index (κ3) is 2.85. The molecule has 62 valence electrons. The lowest BCUT2D eigenvalue weighted by Crippen LogP contribution is -2.25. The van der Waals surface area contributed by atoms with Crippen LogP contribution in [0.25, 0.3) is 0 Å². The van der Waals surface area contributed by atoms with Crippen LogP contribution in [0, 0.1) is 5.92 Å². The highest BCUT2D eigenvalue weighted by atomic mass is 16.1. The summed E-state index contributed by atoms with van der Waals surface area (Å²) >= 11 is 0. The molecular formula is C9H15NO. The van der Waals surface area contributed by atoms with Gasteiger partial charge >= 0.3 is 0 Å². The van der Waals surface area contributed by atoms with Crippen LogP contribution in [0.5, 0.6) is 0 Å². The number of carbonyl (C=O) groups excluding carboxylic acids is 1. The van der Waals surface area contributed by atoms with Crippen LogP contribution in [-0.2, 0) is 4.79 Å². The molecular weight excluding hydrogens is 138 g/mol. The summed E-state index contributed by atoms with van der Waals surface area (Å²) in [5.41, 5.74) is 5.51. The van der Waals surface area contributed by atoms with Crippen molar-refractivity contribution < 1.29 is 4.79 Å². The van der Waals surface area contributed by atoms with Crippen molar-refractivity contribution in [1.29, 1.82) is 0 Å². The van der Waals surface area contributed by atoms with E-state index in [1.807, 2.05) is 0 Å². The largest absolute Gasteiger partial charge is 0.322 e. The molecule has 1 aliphatic carbocycles. The Labute approximate surface area is 67.5 Å². The van der Waals surface area contributed by atoms with Gasteiger partial charge in [0.05, 0.1) is 6.04 Å². The highest BCUT2D eigenvalue weighted by molar-refractivity contribution is 5.56. The van der Waals surface area contributed by atoms with Gasteiger partial charge in [-0.05, 0) is 31.6 Å². The molecule has 0 heterocycles. The number of carbonyl (C=O) groups is 1. The first-order chi connectivity index (χ1) is 5.33. The van der Waals surface area contributed by atoms with Gasteiger partial charge in [0.15, 0.2) is 0 Å². The minimum absolute atomic E-state index is 0.244. The predicted octanol–water partition coefficient (Wildman–Crippen LogP) is 1.26. The van der Waals surface area contributed by atoms with E-state index in [2.05, 4.69) is 12.2 Å². The van der Waals surface area contributed by atoms with Gasteiger partial charge in [0.1, 0.15) is 6.29 Å². The molecule has 0 fully saturated rings. The van der Waals surface area contributed by atoms with E-state index in [9.17, 15) is 4.79 Å². The van der Waals surface area contributed by atoms with Gasteiger partial charge in [-0.1, -0.05) is 12.2 Å². The third-order valence-corrected chi connectivity index (χ3v) is 2.16. The maximum absolute atomic E-state index is 10.2. The summed E-state index contributed by atoms with van der Waals surface area (Å²) < 4.78 is 0. The minimum atomic E-state index is -0.244. The van der Waals surface area contributed by atoms with Crippen LogP contribution < -0.4 is 5.73 Å². The Morgan fingerprint density at radius 1 is 1.64 bits per heavy atom. The Morgan fingerprint density at radius 3 is 3.00 bits per heavy atom. The monoisotopic (exact) mass is 153 g/mol. The topological polar surface area (TPSA) is 43.1 Å². The van der Waals surface area contributed by atoms with Crippen LogP contribution in [-0.4, -0.2) is 12.3 Å². The molecule has 0 bridgehead atoms. The van der Waals surface area contributed by atoms with Gasteiger partial charge in [-0.25, -0.2) is 0 Å². The predicted molar refractivity (Wildman–Crippen MR) is 45.1 cm³/mol. The average Bonchev–Trinajstić information content (AvgIpc) is 2.06. The van der Waals surface area contributed by atoms with Crippen molar-refractivity contribution >= 4 is 6.29 Å². The molecule has 2 N–H and O–H groups in total. The van der Waals surface area contributed by atoms with E-state index >= 15 is 0 Å². The summed E-state index contributed by atoms with van der Waals surface area (Å²) in [5, 5.41) is 0. The van der Waals surface area contributed by atoms with Crippen LogP contribution in [0.3, 0.4) is 0 Å². The van der Waals surface area contributed by atoms with Gasteiger partial charge in [0, 0.05) is 0 Å². The maximum atomic E-state index is 10.2. The van der Waals surface area contributed by atoms with Gasteiger partial charge in [-0.2, -0.15) is 0 Å². The Balaban J connectivity index is 2.25. The van der Waals surface area contributed by atoms with E-state index in [1.165, 1.54) is 6.42 Å². The number of rotatable bonds is 3. The van der Waals surface area contributed by atoms with E-state index in [0.29, 0.717) is 5.92 Å². The first-order valence-electron chi connectivity index (χ1n) is 4.19. The molecule has 0 unspecified atom stereocenters. The summed E-state index contributed by atoms with van der Waals surface area (Å²) in [6.07, 6.45) is 9.52. The van der Waals surface area contributed by atoms with Crippen LogP contribution >= 0.6 is 0 Å². The average molecular weight is 153 g/mol. The van der Waals surface area contributed by atoms with Gasteiger partial charge in [-0.3, -0.25) is 0 Å². The first kappa shape index (κ1) is 8.47. The molecule has 2 atom stereocenters. The second kappa shape index (κ2) is 4.29. The van der Waals surface area contributed by atoms with Gasteiger partial charge < -0.3 is 10.5 Å². The van der Waals surface area contributed by atoms with Crippen molar-refractivity contribution in [2.24, 2.45) is 11.7 Å². The molecule has 0 radical (unpaired) electrons. The number of allylic oxidation sites excluding steroid dienone is 2. The van der Waals surface area contributed by atoms with Crippen LogP contribution in [0.4, 0.5) is 0 Å². The molecule has 0 saturated carbocycles. The standard InChI is InChI=1S/C9H15NO/c10-9(7-11)6-8-4-2-1-3-5-8/h1-2,7-9H,3-6,10H2/t8-,9+/m1/s1. The molecule has 0 spiro atoms. The van der Waals surface area contributed by atoms with Gasteiger partial charge in [-0.15, -0.1) is 0 Å². The van der Waals surface area contributed by atoms with Gasteiger partial charge in [0.2, 0.25) is 0 Å². The molecule has 2 heteroatoms. The fourth-order valence-electron chi connectivity index (χ4n) is 1.51. The molecule has 1 aliphatic rings. The van der Waals surface area contributed by atoms with E-state index in [4.69, 9.17) is 5.73 Å². The molecule has 0 aromatic carbocycles. The molecule has 0 saturated heterocycles. The molecule has 11 heavy (non-hydrogen) atoms. The number of hydrogen-bond donors (Lipinski definition) is 1. The van der Waals surface area contributed by atoms with Gasteiger partial charge in [0.25, 0.3) is 0 Å². The highest BCUT2D eigenvalue weighted by Gasteiger charge is 2.12. The number of nitrogens with two attached hydrogens (primary N) is 1. The lowest BCUT2D eigenvalue weighted by Gasteiger charge is -2.18. The highest BCUT2D eigenvalue weighted by Crippen LogP contribution is 2.21. The molecule has 2 nitrogen and oxygen atoms in total. The third-order valence-electron chi connectivity index (χ3n) is 2.16. The zero-order chi connectivity index (χ0) is 8.10. The SMILES string of the molecule is N[C@H](C=O)C[C@@H]1CC=CCC1. The van der Waals surface area contributed by atoms with Crippen molar-refractivity contribution in [3.05, 3.63) is 12.2 Å². The smallest absolute Gasteiger partial charge is 0.136 e. The van der Waals surface area contributed by atoms with Crippen LogP contribution in [0.2, 0.25) is 0 Å². The van der Waals surface area contributed by atoms with Crippen LogP contribution in [0.15, 0.2) is 12.2 Å². The Bertz CT molecular complexity index is 154. The van der Waals surface area contributed by atoms with Crippen molar-refractivity contribution in [3.63, 3.8) is 0 Å². The summed E-state index contributed by atoms with van der Waals surface area (Å²) in [6.45, 7) is 0. The second-order valence-electron chi connectivity index (χ2n) is 3.19. The fourth-order valence-corrected chi connectivity index (χ4v) is 1.51. The zero-order valence-corrected chi connectivity index (χ0v) is 6.70. The molecule has 0 aliphatic heterocycles. The molecule has 1 rings (SSSR count). The van der Waals surface area contributed by atoms with Crippen molar-refractivity contribution in [1.82, 2.24) is 0 Å². The summed E-state index contributed by atoms with van der Waals surface area (Å²) in [6, 6.07) is -0.244. The quantitative estimate of drug-likeness (QED) is 0.490. The van der Waals surface area contributed by atoms with E-state index in [-0.39, 0.29) is 6.04 Å². The van der Waals surface area contributed by atoms with Crippen LogP contribution in [0.1, 0.15) is 25.7 Å². The summed E-state index contributed by atoms with van der Waals surface area (Å²) in [4.78, 5) is 10.2. The van der Waals surface area contributed by atoms with Crippen molar-refractivity contribution in [2.45, 2.75) is 31.7 Å². The summed E-state index contributed by atoms with van der Waals surface area (Å²) in [7, 11) is 0. The maximum Gasteiger partial charge on any atom is 0.136 e. The fraction of sp³-hybridized carbons (Fsp3) is 0.667. The summed E-state index contributed by atoms with van der Waals surface area (Å²) in [5.74, 6) is 0.639. The van der Waals surface area contributed by atoms with E-state index < -0.39 is 0 Å². The van der Waals surface area contributed by atoms with E-state index in [0.717, 1.165) is 25.5 Å². The number of hydrogen-bond acceptors (Lipinski definition) is 2.